The highest BCUT2D eigenvalue weighted by Crippen LogP contribution is 2.33. The first-order valence-electron chi connectivity index (χ1n) is 7.31. The molecule has 3 aliphatic rings. The summed E-state index contributed by atoms with van der Waals surface area (Å²) >= 11 is 0. The van der Waals surface area contributed by atoms with Crippen LogP contribution in [-0.4, -0.2) is 36.1 Å². The van der Waals surface area contributed by atoms with Gasteiger partial charge in [0.05, 0.1) is 0 Å². The summed E-state index contributed by atoms with van der Waals surface area (Å²) in [5.41, 5.74) is 0. The summed E-state index contributed by atoms with van der Waals surface area (Å²) in [4.78, 5) is 2.71. The Morgan fingerprint density at radius 3 is 2.50 bits per heavy atom. The molecule has 1 N–H and O–H groups in total. The van der Waals surface area contributed by atoms with E-state index >= 15 is 0 Å². The molecule has 0 radical (unpaired) electrons. The van der Waals surface area contributed by atoms with Crippen LogP contribution in [0.5, 0.6) is 0 Å². The van der Waals surface area contributed by atoms with Crippen LogP contribution in [0.2, 0.25) is 0 Å². The predicted molar refractivity (Wildman–Crippen MR) is 67.6 cm³/mol. The summed E-state index contributed by atoms with van der Waals surface area (Å²) in [6, 6.07) is 2.61. The molecule has 3 saturated heterocycles. The number of hydrogen-bond acceptors (Lipinski definition) is 2. The maximum Gasteiger partial charge on any atom is 0.00728 e. The van der Waals surface area contributed by atoms with E-state index in [4.69, 9.17) is 0 Å². The molecular formula is C14H26N2. The summed E-state index contributed by atoms with van der Waals surface area (Å²) in [6.07, 6.45) is 10.1. The first-order chi connectivity index (χ1) is 7.81. The molecule has 0 saturated carbocycles. The van der Waals surface area contributed by atoms with E-state index in [1.165, 1.54) is 58.0 Å². The molecule has 0 aliphatic carbocycles. The van der Waals surface area contributed by atoms with Crippen LogP contribution in [0.4, 0.5) is 0 Å². The number of likely N-dealkylation sites (tertiary alicyclic amines) is 1. The number of rotatable bonds is 3. The Balaban J connectivity index is 1.45. The van der Waals surface area contributed by atoms with Crippen LogP contribution in [0.15, 0.2) is 0 Å². The zero-order valence-electron chi connectivity index (χ0n) is 10.6. The van der Waals surface area contributed by atoms with E-state index in [0.29, 0.717) is 0 Å². The largest absolute Gasteiger partial charge is 0.311 e. The van der Waals surface area contributed by atoms with Crippen LogP contribution in [0.1, 0.15) is 51.9 Å². The van der Waals surface area contributed by atoms with Crippen molar-refractivity contribution in [2.75, 3.05) is 13.1 Å². The summed E-state index contributed by atoms with van der Waals surface area (Å²) in [6.45, 7) is 5.13. The topological polar surface area (TPSA) is 15.3 Å². The predicted octanol–water partition coefficient (Wildman–Crippen LogP) is 2.39. The molecule has 3 atom stereocenters. The van der Waals surface area contributed by atoms with Crippen molar-refractivity contribution in [1.29, 1.82) is 0 Å². The van der Waals surface area contributed by atoms with Crippen molar-refractivity contribution in [2.24, 2.45) is 5.92 Å². The molecule has 3 aliphatic heterocycles. The molecular weight excluding hydrogens is 196 g/mol. The van der Waals surface area contributed by atoms with Gasteiger partial charge in [0.25, 0.3) is 0 Å². The Kier molecular flexibility index (Phi) is 3.21. The molecule has 16 heavy (non-hydrogen) atoms. The average Bonchev–Trinajstić information content (AvgIpc) is 2.83. The molecule has 3 rings (SSSR count). The van der Waals surface area contributed by atoms with Gasteiger partial charge in [-0.25, -0.2) is 0 Å². The summed E-state index contributed by atoms with van der Waals surface area (Å²) < 4.78 is 0. The van der Waals surface area contributed by atoms with E-state index in [0.717, 1.165) is 24.0 Å². The van der Waals surface area contributed by atoms with Gasteiger partial charge in [-0.1, -0.05) is 0 Å². The second-order valence-electron chi connectivity index (χ2n) is 6.29. The monoisotopic (exact) mass is 222 g/mol. The van der Waals surface area contributed by atoms with Crippen molar-refractivity contribution in [1.82, 2.24) is 10.2 Å². The zero-order chi connectivity index (χ0) is 11.0. The Labute approximate surface area is 99.8 Å². The molecule has 3 heterocycles. The third-order valence-corrected chi connectivity index (χ3v) is 5.09. The maximum atomic E-state index is 3.74. The second kappa shape index (κ2) is 4.66. The van der Waals surface area contributed by atoms with Gasteiger partial charge in [0.2, 0.25) is 0 Å². The molecule has 0 aromatic heterocycles. The maximum absolute atomic E-state index is 3.74. The molecule has 2 bridgehead atoms. The van der Waals surface area contributed by atoms with Crippen LogP contribution in [-0.2, 0) is 0 Å². The summed E-state index contributed by atoms with van der Waals surface area (Å²) in [5.74, 6) is 1.02. The number of piperidine rings is 1. The van der Waals surface area contributed by atoms with E-state index in [1.54, 1.807) is 0 Å². The van der Waals surface area contributed by atoms with E-state index in [1.807, 2.05) is 0 Å². The second-order valence-corrected chi connectivity index (χ2v) is 6.29. The smallest absolute Gasteiger partial charge is 0.00728 e. The molecule has 0 spiro atoms. The molecule has 0 aromatic rings. The molecule has 92 valence electrons. The summed E-state index contributed by atoms with van der Waals surface area (Å²) in [5, 5.41) is 3.74. The normalized spacial score (nSPS) is 44.1. The van der Waals surface area contributed by atoms with Crippen molar-refractivity contribution in [3.05, 3.63) is 0 Å². The molecule has 0 amide bonds. The van der Waals surface area contributed by atoms with Gasteiger partial charge in [-0.05, 0) is 70.9 Å². The van der Waals surface area contributed by atoms with Crippen molar-refractivity contribution >= 4 is 0 Å². The van der Waals surface area contributed by atoms with E-state index in [-0.39, 0.29) is 0 Å². The lowest BCUT2D eigenvalue weighted by molar-refractivity contribution is 0.214. The third kappa shape index (κ3) is 2.28. The minimum atomic E-state index is 0.860. The third-order valence-electron chi connectivity index (χ3n) is 5.09. The van der Waals surface area contributed by atoms with E-state index in [2.05, 4.69) is 17.1 Å². The highest BCUT2D eigenvalue weighted by Gasteiger charge is 2.33. The minimum absolute atomic E-state index is 0.860. The lowest BCUT2D eigenvalue weighted by Crippen LogP contribution is -2.39. The van der Waals surface area contributed by atoms with Crippen molar-refractivity contribution < 1.29 is 0 Å². The van der Waals surface area contributed by atoms with Crippen molar-refractivity contribution in [3.63, 3.8) is 0 Å². The van der Waals surface area contributed by atoms with Crippen LogP contribution in [0, 0.1) is 5.92 Å². The van der Waals surface area contributed by atoms with Crippen LogP contribution in [0.3, 0.4) is 0 Å². The number of hydrogen-bond donors (Lipinski definition) is 1. The fraction of sp³-hybridized carbons (Fsp3) is 1.00. The van der Waals surface area contributed by atoms with Crippen LogP contribution >= 0.6 is 0 Å². The van der Waals surface area contributed by atoms with Gasteiger partial charge in [-0.15, -0.1) is 0 Å². The standard InChI is InChI=1S/C14H26N2/c1-11-3-2-7-16(11)8-6-12-9-13-4-5-14(10-12)15-13/h11-15H,2-10H2,1H3. The lowest BCUT2D eigenvalue weighted by Gasteiger charge is -2.31. The molecule has 3 unspecified atom stereocenters. The Bertz CT molecular complexity index is 229. The highest BCUT2D eigenvalue weighted by atomic mass is 15.2. The fourth-order valence-corrected chi connectivity index (χ4v) is 4.08. The SMILES string of the molecule is CC1CCCN1CCC1CC2CCC(C1)N2. The van der Waals surface area contributed by atoms with Crippen LogP contribution < -0.4 is 5.32 Å². The highest BCUT2D eigenvalue weighted by molar-refractivity contribution is 4.92. The first kappa shape index (κ1) is 11.0. The van der Waals surface area contributed by atoms with Crippen molar-refractivity contribution in [3.8, 4) is 0 Å². The Morgan fingerprint density at radius 2 is 1.88 bits per heavy atom. The van der Waals surface area contributed by atoms with Crippen LogP contribution in [0.25, 0.3) is 0 Å². The first-order valence-corrected chi connectivity index (χ1v) is 7.31. The van der Waals surface area contributed by atoms with E-state index < -0.39 is 0 Å². The molecule has 2 nitrogen and oxygen atoms in total. The zero-order valence-corrected chi connectivity index (χ0v) is 10.6. The lowest BCUT2D eigenvalue weighted by atomic mass is 9.89. The number of fused-ring (bicyclic) bond motifs is 2. The molecule has 2 heteroatoms. The van der Waals surface area contributed by atoms with Gasteiger partial charge >= 0.3 is 0 Å². The minimum Gasteiger partial charge on any atom is -0.311 e. The summed E-state index contributed by atoms with van der Waals surface area (Å²) in [7, 11) is 0. The number of nitrogens with zero attached hydrogens (tertiary/aromatic N) is 1. The van der Waals surface area contributed by atoms with Gasteiger partial charge in [-0.3, -0.25) is 0 Å². The van der Waals surface area contributed by atoms with Gasteiger partial charge in [-0.2, -0.15) is 0 Å². The average molecular weight is 222 g/mol. The van der Waals surface area contributed by atoms with E-state index in [9.17, 15) is 0 Å². The Hall–Kier alpha value is -0.0800. The van der Waals surface area contributed by atoms with Gasteiger partial charge in [0, 0.05) is 18.1 Å². The molecule has 3 fully saturated rings. The van der Waals surface area contributed by atoms with Gasteiger partial charge in [0.15, 0.2) is 0 Å². The number of nitrogens with one attached hydrogen (secondary N) is 1. The van der Waals surface area contributed by atoms with Gasteiger partial charge in [0.1, 0.15) is 0 Å². The fourth-order valence-electron chi connectivity index (χ4n) is 4.08. The van der Waals surface area contributed by atoms with Crippen molar-refractivity contribution in [2.45, 2.75) is 70.0 Å². The van der Waals surface area contributed by atoms with Gasteiger partial charge < -0.3 is 10.2 Å². The quantitative estimate of drug-likeness (QED) is 0.789. The Morgan fingerprint density at radius 1 is 1.12 bits per heavy atom. The molecule has 0 aromatic carbocycles.